The first-order valence-electron chi connectivity index (χ1n) is 5.91. The number of halogens is 2. The lowest BCUT2D eigenvalue weighted by Gasteiger charge is -2.34. The Morgan fingerprint density at radius 2 is 2.28 bits per heavy atom. The van der Waals surface area contributed by atoms with Crippen LogP contribution in [0.4, 0.5) is 4.39 Å². The van der Waals surface area contributed by atoms with Gasteiger partial charge >= 0.3 is 0 Å². The number of likely N-dealkylation sites (tertiary alicyclic amines) is 1. The molecule has 1 fully saturated rings. The summed E-state index contributed by atoms with van der Waals surface area (Å²) in [6, 6.07) is 3.38. The van der Waals surface area contributed by atoms with Crippen LogP contribution in [0.15, 0.2) is 18.2 Å². The van der Waals surface area contributed by atoms with Crippen LogP contribution < -0.4 is 0 Å². The third-order valence-electron chi connectivity index (χ3n) is 3.28. The fourth-order valence-corrected chi connectivity index (χ4v) is 2.33. The van der Waals surface area contributed by atoms with Crippen molar-refractivity contribution in [1.82, 2.24) is 4.90 Å². The normalized spacial score (nSPS) is 24.1. The quantitative estimate of drug-likeness (QED) is 0.798. The number of phenols is 1. The molecule has 18 heavy (non-hydrogen) atoms. The topological polar surface area (TPSA) is 40.5 Å². The first kappa shape index (κ1) is 13.1. The Morgan fingerprint density at radius 1 is 1.56 bits per heavy atom. The van der Waals surface area contributed by atoms with Crippen molar-refractivity contribution < 1.29 is 14.3 Å². The third kappa shape index (κ3) is 2.58. The van der Waals surface area contributed by atoms with Gasteiger partial charge in [-0.3, -0.25) is 4.79 Å². The number of hydrogen-bond acceptors (Lipinski definition) is 2. The molecule has 0 bridgehead atoms. The van der Waals surface area contributed by atoms with Gasteiger partial charge in [-0.1, -0.05) is 6.92 Å². The molecule has 0 spiro atoms. The highest BCUT2D eigenvalue weighted by atomic mass is 35.5. The minimum atomic E-state index is -0.531. The second kappa shape index (κ2) is 5.14. The van der Waals surface area contributed by atoms with Crippen LogP contribution in [0.5, 0.6) is 5.75 Å². The number of rotatable bonds is 1. The van der Waals surface area contributed by atoms with Gasteiger partial charge in [0, 0.05) is 18.5 Å². The van der Waals surface area contributed by atoms with Crippen LogP contribution in [0.1, 0.15) is 23.7 Å². The van der Waals surface area contributed by atoms with Crippen LogP contribution in [0.2, 0.25) is 0 Å². The Kier molecular flexibility index (Phi) is 3.76. The highest BCUT2D eigenvalue weighted by molar-refractivity contribution is 6.20. The van der Waals surface area contributed by atoms with Crippen molar-refractivity contribution >= 4 is 17.5 Å². The Balaban J connectivity index is 2.19. The Morgan fingerprint density at radius 3 is 2.94 bits per heavy atom. The summed E-state index contributed by atoms with van der Waals surface area (Å²) < 4.78 is 13.1. The molecule has 1 aliphatic heterocycles. The van der Waals surface area contributed by atoms with Gasteiger partial charge in [-0.05, 0) is 30.5 Å². The zero-order chi connectivity index (χ0) is 13.3. The van der Waals surface area contributed by atoms with E-state index in [4.69, 9.17) is 11.6 Å². The monoisotopic (exact) mass is 271 g/mol. The van der Waals surface area contributed by atoms with Crippen molar-refractivity contribution in [2.75, 3.05) is 13.1 Å². The van der Waals surface area contributed by atoms with Crippen molar-refractivity contribution in [3.63, 3.8) is 0 Å². The number of benzene rings is 1. The number of aromatic hydroxyl groups is 1. The van der Waals surface area contributed by atoms with Gasteiger partial charge in [0.1, 0.15) is 11.6 Å². The minimum Gasteiger partial charge on any atom is -0.507 e. The van der Waals surface area contributed by atoms with Crippen molar-refractivity contribution in [3.8, 4) is 5.75 Å². The molecule has 2 unspecified atom stereocenters. The van der Waals surface area contributed by atoms with Crippen LogP contribution in [0, 0.1) is 11.7 Å². The van der Waals surface area contributed by atoms with Crippen LogP contribution in [-0.2, 0) is 0 Å². The summed E-state index contributed by atoms with van der Waals surface area (Å²) in [5.41, 5.74) is 0.00947. The van der Waals surface area contributed by atoms with E-state index in [1.54, 1.807) is 4.90 Å². The predicted octanol–water partition coefficient (Wildman–Crippen LogP) is 2.62. The van der Waals surface area contributed by atoms with Crippen LogP contribution in [0.3, 0.4) is 0 Å². The largest absolute Gasteiger partial charge is 0.507 e. The van der Waals surface area contributed by atoms with Gasteiger partial charge in [0.2, 0.25) is 0 Å². The summed E-state index contributed by atoms with van der Waals surface area (Å²) in [6.07, 6.45) is 0.713. The first-order valence-corrected chi connectivity index (χ1v) is 6.34. The molecule has 0 aliphatic carbocycles. The standard InChI is InChI=1S/C13H15ClFNO2/c1-8-7-16(5-4-11(8)14)13(18)10-6-9(15)2-3-12(10)17/h2-3,6,8,11,17H,4-5,7H2,1H3. The molecule has 0 aromatic heterocycles. The summed E-state index contributed by atoms with van der Waals surface area (Å²) in [6.45, 7) is 3.04. The number of carbonyl (C=O) groups is 1. The zero-order valence-corrected chi connectivity index (χ0v) is 10.8. The third-order valence-corrected chi connectivity index (χ3v) is 3.93. The maximum atomic E-state index is 13.1. The highest BCUT2D eigenvalue weighted by Crippen LogP contribution is 2.25. The van der Waals surface area contributed by atoms with E-state index >= 15 is 0 Å². The minimum absolute atomic E-state index is 0.00947. The molecule has 1 heterocycles. The zero-order valence-electron chi connectivity index (χ0n) is 10.1. The van der Waals surface area contributed by atoms with E-state index in [1.165, 1.54) is 6.07 Å². The second-order valence-electron chi connectivity index (χ2n) is 4.69. The van der Waals surface area contributed by atoms with Gasteiger partial charge in [0.25, 0.3) is 5.91 Å². The number of alkyl halides is 1. The molecule has 1 amide bonds. The fraction of sp³-hybridized carbons (Fsp3) is 0.462. The molecule has 1 aliphatic rings. The van der Waals surface area contributed by atoms with Crippen molar-refractivity contribution in [2.45, 2.75) is 18.7 Å². The smallest absolute Gasteiger partial charge is 0.257 e. The number of piperidine rings is 1. The van der Waals surface area contributed by atoms with Crippen molar-refractivity contribution in [3.05, 3.63) is 29.6 Å². The van der Waals surface area contributed by atoms with Crippen molar-refractivity contribution in [2.24, 2.45) is 5.92 Å². The molecular weight excluding hydrogens is 257 g/mol. The molecule has 1 aromatic rings. The Hall–Kier alpha value is -1.29. The molecule has 2 atom stereocenters. The average molecular weight is 272 g/mol. The molecule has 1 N–H and O–H groups in total. The second-order valence-corrected chi connectivity index (χ2v) is 5.26. The Labute approximate surface area is 110 Å². The number of carbonyl (C=O) groups excluding carboxylic acids is 1. The number of nitrogens with zero attached hydrogens (tertiary/aromatic N) is 1. The van der Waals surface area contributed by atoms with Gasteiger partial charge < -0.3 is 10.0 Å². The SMILES string of the molecule is CC1CN(C(=O)c2cc(F)ccc2O)CCC1Cl. The van der Waals surface area contributed by atoms with E-state index in [2.05, 4.69) is 0 Å². The number of amides is 1. The summed E-state index contributed by atoms with van der Waals surface area (Å²) in [4.78, 5) is 13.8. The molecule has 1 aromatic carbocycles. The van der Waals surface area contributed by atoms with E-state index in [9.17, 15) is 14.3 Å². The van der Waals surface area contributed by atoms with Gasteiger partial charge in [0.05, 0.1) is 5.56 Å². The maximum Gasteiger partial charge on any atom is 0.257 e. The lowest BCUT2D eigenvalue weighted by atomic mass is 9.98. The van der Waals surface area contributed by atoms with Crippen LogP contribution in [0.25, 0.3) is 0 Å². The molecule has 3 nitrogen and oxygen atoms in total. The van der Waals surface area contributed by atoms with Gasteiger partial charge in [-0.15, -0.1) is 11.6 Å². The van der Waals surface area contributed by atoms with Gasteiger partial charge in [0.15, 0.2) is 0 Å². The fourth-order valence-electron chi connectivity index (χ4n) is 2.15. The van der Waals surface area contributed by atoms with Gasteiger partial charge in [-0.25, -0.2) is 4.39 Å². The maximum absolute atomic E-state index is 13.1. The van der Waals surface area contributed by atoms with Crippen LogP contribution >= 0.6 is 11.6 Å². The molecule has 2 rings (SSSR count). The molecular formula is C13H15ClFNO2. The lowest BCUT2D eigenvalue weighted by molar-refractivity contribution is 0.0683. The van der Waals surface area contributed by atoms with Gasteiger partial charge in [-0.2, -0.15) is 0 Å². The first-order chi connectivity index (χ1) is 8.49. The number of hydrogen-bond donors (Lipinski definition) is 1. The predicted molar refractivity (Wildman–Crippen MR) is 67.4 cm³/mol. The van der Waals surface area contributed by atoms with Crippen molar-refractivity contribution in [1.29, 1.82) is 0 Å². The van der Waals surface area contributed by atoms with E-state index in [0.29, 0.717) is 19.5 Å². The highest BCUT2D eigenvalue weighted by Gasteiger charge is 2.28. The molecule has 1 saturated heterocycles. The Bertz CT molecular complexity index is 466. The summed E-state index contributed by atoms with van der Waals surface area (Å²) >= 11 is 6.09. The summed E-state index contributed by atoms with van der Waals surface area (Å²) in [5.74, 6) is -0.874. The molecule has 0 saturated carbocycles. The molecule has 98 valence electrons. The van der Waals surface area contributed by atoms with E-state index in [-0.39, 0.29) is 28.5 Å². The molecule has 5 heteroatoms. The van der Waals surface area contributed by atoms with E-state index in [0.717, 1.165) is 12.1 Å². The van der Waals surface area contributed by atoms with E-state index in [1.807, 2.05) is 6.92 Å². The summed E-state index contributed by atoms with van der Waals surface area (Å²) in [5, 5.41) is 9.68. The lowest BCUT2D eigenvalue weighted by Crippen LogP contribution is -2.43. The van der Waals surface area contributed by atoms with Crippen LogP contribution in [-0.4, -0.2) is 34.4 Å². The molecule has 0 radical (unpaired) electrons. The van der Waals surface area contributed by atoms with E-state index < -0.39 is 5.82 Å². The summed E-state index contributed by atoms with van der Waals surface area (Å²) in [7, 11) is 0. The average Bonchev–Trinajstić information content (AvgIpc) is 2.35. The number of phenolic OH excluding ortho intramolecular Hbond substituents is 1.